The van der Waals surface area contributed by atoms with Gasteiger partial charge in [0.25, 0.3) is 0 Å². The number of hydrogen-bond acceptors (Lipinski definition) is 3. The van der Waals surface area contributed by atoms with Crippen molar-refractivity contribution in [3.8, 4) is 0 Å². The van der Waals surface area contributed by atoms with E-state index < -0.39 is 5.91 Å². The first-order valence-electron chi connectivity index (χ1n) is 5.50. The molecule has 2 rings (SSSR count). The number of carbonyl (C=O) groups excluding carboxylic acids is 1. The number of halogens is 2. The fourth-order valence-electron chi connectivity index (χ4n) is 1.65. The van der Waals surface area contributed by atoms with E-state index in [-0.39, 0.29) is 0 Å². The summed E-state index contributed by atoms with van der Waals surface area (Å²) in [6.45, 7) is 0.508. The molecule has 98 valence electrons. The molecule has 6 heteroatoms. The number of benzene rings is 1. The van der Waals surface area contributed by atoms with Crippen molar-refractivity contribution < 1.29 is 4.79 Å². The van der Waals surface area contributed by atoms with Gasteiger partial charge in [-0.2, -0.15) is 0 Å². The number of nitrogens with two attached hydrogens (primary N) is 1. The molecule has 1 heterocycles. The SMILES string of the molecule is NC(=O)c1ccccc1CNc1cc(Br)ncc1Br. The maximum atomic E-state index is 11.3. The minimum Gasteiger partial charge on any atom is -0.380 e. The number of rotatable bonds is 4. The highest BCUT2D eigenvalue weighted by Crippen LogP contribution is 2.24. The Morgan fingerprint density at radius 3 is 2.79 bits per heavy atom. The van der Waals surface area contributed by atoms with E-state index in [0.717, 1.165) is 20.3 Å². The van der Waals surface area contributed by atoms with Crippen LogP contribution in [0, 0.1) is 0 Å². The van der Waals surface area contributed by atoms with Crippen LogP contribution in [0.4, 0.5) is 5.69 Å². The average molecular weight is 385 g/mol. The summed E-state index contributed by atoms with van der Waals surface area (Å²) >= 11 is 6.73. The lowest BCUT2D eigenvalue weighted by atomic mass is 10.1. The monoisotopic (exact) mass is 383 g/mol. The number of hydrogen-bond donors (Lipinski definition) is 2. The van der Waals surface area contributed by atoms with Crippen LogP contribution in [0.15, 0.2) is 45.6 Å². The Hall–Kier alpha value is -1.40. The number of primary amides is 1. The predicted octanol–water partition coefficient (Wildman–Crippen LogP) is 3.32. The Balaban J connectivity index is 2.19. The van der Waals surface area contributed by atoms with Crippen molar-refractivity contribution in [1.29, 1.82) is 0 Å². The zero-order chi connectivity index (χ0) is 13.8. The first kappa shape index (κ1) is 14.0. The van der Waals surface area contributed by atoms with Crippen LogP contribution < -0.4 is 11.1 Å². The normalized spacial score (nSPS) is 10.2. The first-order valence-corrected chi connectivity index (χ1v) is 7.09. The third-order valence-electron chi connectivity index (χ3n) is 2.57. The Morgan fingerprint density at radius 2 is 2.05 bits per heavy atom. The molecule has 0 fully saturated rings. The molecule has 1 aromatic heterocycles. The number of aromatic nitrogens is 1. The number of nitrogens with one attached hydrogen (secondary N) is 1. The molecule has 0 saturated heterocycles. The quantitative estimate of drug-likeness (QED) is 0.794. The van der Waals surface area contributed by atoms with Crippen LogP contribution in [0.1, 0.15) is 15.9 Å². The molecule has 0 bridgehead atoms. The lowest BCUT2D eigenvalue weighted by Crippen LogP contribution is -2.15. The van der Waals surface area contributed by atoms with Crippen molar-refractivity contribution >= 4 is 43.5 Å². The summed E-state index contributed by atoms with van der Waals surface area (Å²) in [5, 5.41) is 3.24. The summed E-state index contributed by atoms with van der Waals surface area (Å²) in [5.74, 6) is -0.424. The van der Waals surface area contributed by atoms with E-state index in [9.17, 15) is 4.79 Å². The van der Waals surface area contributed by atoms with Crippen LogP contribution in [0.2, 0.25) is 0 Å². The summed E-state index contributed by atoms with van der Waals surface area (Å²) in [6, 6.07) is 9.12. The summed E-state index contributed by atoms with van der Waals surface area (Å²) in [4.78, 5) is 15.4. The molecule has 3 N–H and O–H groups in total. The van der Waals surface area contributed by atoms with Crippen molar-refractivity contribution in [2.24, 2.45) is 5.73 Å². The van der Waals surface area contributed by atoms with Crippen molar-refractivity contribution in [1.82, 2.24) is 4.98 Å². The van der Waals surface area contributed by atoms with Crippen LogP contribution in [-0.4, -0.2) is 10.9 Å². The van der Waals surface area contributed by atoms with E-state index in [4.69, 9.17) is 5.73 Å². The molecule has 0 saturated carbocycles. The van der Waals surface area contributed by atoms with Gasteiger partial charge >= 0.3 is 0 Å². The van der Waals surface area contributed by atoms with Gasteiger partial charge in [-0.25, -0.2) is 4.98 Å². The Kier molecular flexibility index (Phi) is 4.55. The molecule has 1 amide bonds. The molecular formula is C13H11Br2N3O. The lowest BCUT2D eigenvalue weighted by molar-refractivity contribution is 0.0999. The molecule has 0 aliphatic rings. The highest BCUT2D eigenvalue weighted by atomic mass is 79.9. The van der Waals surface area contributed by atoms with Crippen LogP contribution in [-0.2, 0) is 6.54 Å². The molecule has 0 atom stereocenters. The maximum Gasteiger partial charge on any atom is 0.249 e. The number of carbonyl (C=O) groups is 1. The summed E-state index contributed by atoms with van der Waals surface area (Å²) < 4.78 is 1.59. The summed E-state index contributed by atoms with van der Waals surface area (Å²) in [7, 11) is 0. The molecule has 0 unspecified atom stereocenters. The maximum absolute atomic E-state index is 11.3. The highest BCUT2D eigenvalue weighted by Gasteiger charge is 2.08. The second-order valence-corrected chi connectivity index (χ2v) is 5.53. The molecular weight excluding hydrogens is 374 g/mol. The topological polar surface area (TPSA) is 68.0 Å². The zero-order valence-electron chi connectivity index (χ0n) is 9.86. The van der Waals surface area contributed by atoms with Gasteiger partial charge < -0.3 is 11.1 Å². The fourth-order valence-corrected chi connectivity index (χ4v) is 2.34. The van der Waals surface area contributed by atoms with Crippen molar-refractivity contribution in [3.05, 3.63) is 56.7 Å². The average Bonchev–Trinajstić information content (AvgIpc) is 2.40. The van der Waals surface area contributed by atoms with E-state index in [1.165, 1.54) is 0 Å². The van der Waals surface area contributed by atoms with E-state index in [0.29, 0.717) is 12.1 Å². The summed E-state index contributed by atoms with van der Waals surface area (Å²) in [5.41, 5.74) is 7.62. The molecule has 0 spiro atoms. The third kappa shape index (κ3) is 3.54. The lowest BCUT2D eigenvalue weighted by Gasteiger charge is -2.11. The van der Waals surface area contributed by atoms with E-state index in [1.54, 1.807) is 18.3 Å². The van der Waals surface area contributed by atoms with Gasteiger partial charge in [-0.15, -0.1) is 0 Å². The molecule has 4 nitrogen and oxygen atoms in total. The fraction of sp³-hybridized carbons (Fsp3) is 0.0769. The number of pyridine rings is 1. The van der Waals surface area contributed by atoms with Gasteiger partial charge in [-0.05, 0) is 49.6 Å². The Labute approximate surface area is 127 Å². The van der Waals surface area contributed by atoms with Gasteiger partial charge in [0.05, 0.1) is 10.2 Å². The van der Waals surface area contributed by atoms with Gasteiger partial charge in [-0.1, -0.05) is 18.2 Å². The second kappa shape index (κ2) is 6.16. The molecule has 0 aliphatic heterocycles. The predicted molar refractivity (Wildman–Crippen MR) is 81.9 cm³/mol. The van der Waals surface area contributed by atoms with E-state index >= 15 is 0 Å². The Bertz CT molecular complexity index is 617. The summed E-state index contributed by atoms with van der Waals surface area (Å²) in [6.07, 6.45) is 1.70. The van der Waals surface area contributed by atoms with Crippen LogP contribution in [0.3, 0.4) is 0 Å². The Morgan fingerprint density at radius 1 is 1.32 bits per heavy atom. The molecule has 19 heavy (non-hydrogen) atoms. The second-order valence-electron chi connectivity index (χ2n) is 3.86. The molecule has 0 radical (unpaired) electrons. The van der Waals surface area contributed by atoms with Gasteiger partial charge in [-0.3, -0.25) is 4.79 Å². The minimum atomic E-state index is -0.424. The number of nitrogens with zero attached hydrogens (tertiary/aromatic N) is 1. The molecule has 2 aromatic rings. The zero-order valence-corrected chi connectivity index (χ0v) is 13.0. The number of anilines is 1. The van der Waals surface area contributed by atoms with Gasteiger partial charge in [0.1, 0.15) is 4.60 Å². The van der Waals surface area contributed by atoms with Gasteiger partial charge in [0, 0.05) is 18.3 Å². The van der Waals surface area contributed by atoms with Crippen molar-refractivity contribution in [2.45, 2.75) is 6.54 Å². The van der Waals surface area contributed by atoms with Crippen LogP contribution >= 0.6 is 31.9 Å². The first-order chi connectivity index (χ1) is 9.08. The molecule has 1 aromatic carbocycles. The highest BCUT2D eigenvalue weighted by molar-refractivity contribution is 9.11. The van der Waals surface area contributed by atoms with E-state index in [2.05, 4.69) is 42.2 Å². The minimum absolute atomic E-state index is 0.424. The van der Waals surface area contributed by atoms with Crippen molar-refractivity contribution in [2.75, 3.05) is 5.32 Å². The van der Waals surface area contributed by atoms with Gasteiger partial charge in [0.15, 0.2) is 0 Å². The third-order valence-corrected chi connectivity index (χ3v) is 3.64. The smallest absolute Gasteiger partial charge is 0.249 e. The van der Waals surface area contributed by atoms with E-state index in [1.807, 2.05) is 18.2 Å². The standard InChI is InChI=1S/C13H11Br2N3O/c14-10-7-18-12(15)5-11(10)17-6-8-3-1-2-4-9(8)13(16)19/h1-5,7H,6H2,(H2,16,19)(H,17,18). The van der Waals surface area contributed by atoms with Gasteiger partial charge in [0.2, 0.25) is 5.91 Å². The number of amides is 1. The largest absolute Gasteiger partial charge is 0.380 e. The van der Waals surface area contributed by atoms with Crippen LogP contribution in [0.5, 0.6) is 0 Å². The molecule has 0 aliphatic carbocycles. The van der Waals surface area contributed by atoms with Crippen molar-refractivity contribution in [3.63, 3.8) is 0 Å². The van der Waals surface area contributed by atoms with Crippen LogP contribution in [0.25, 0.3) is 0 Å².